The quantitative estimate of drug-likeness (QED) is 0.862. The third-order valence-electron chi connectivity index (χ3n) is 2.80. The summed E-state index contributed by atoms with van der Waals surface area (Å²) in [4.78, 5) is 11.5. The van der Waals surface area contributed by atoms with E-state index in [1.165, 1.54) is 5.56 Å². The zero-order valence-electron chi connectivity index (χ0n) is 10.5. The van der Waals surface area contributed by atoms with Crippen LogP contribution >= 0.6 is 31.9 Å². The Bertz CT molecular complexity index is 638. The summed E-state index contributed by atoms with van der Waals surface area (Å²) >= 11 is 6.93. The molecular weight excluding hydrogens is 372 g/mol. The van der Waals surface area contributed by atoms with Crippen molar-refractivity contribution in [3.05, 3.63) is 61.4 Å². The molecule has 0 aliphatic heterocycles. The summed E-state index contributed by atoms with van der Waals surface area (Å²) in [5.41, 5.74) is 2.14. The van der Waals surface area contributed by atoms with Crippen LogP contribution in [0.1, 0.15) is 12.5 Å². The first-order valence-electron chi connectivity index (χ1n) is 5.98. The van der Waals surface area contributed by atoms with Crippen molar-refractivity contribution in [1.82, 2.24) is 4.57 Å². The predicted molar refractivity (Wildman–Crippen MR) is 85.5 cm³/mol. The van der Waals surface area contributed by atoms with Crippen molar-refractivity contribution < 1.29 is 0 Å². The number of hydrogen-bond donors (Lipinski definition) is 1. The fourth-order valence-electron chi connectivity index (χ4n) is 1.74. The smallest absolute Gasteiger partial charge is 0.250 e. The molecule has 0 amide bonds. The van der Waals surface area contributed by atoms with E-state index in [1.807, 2.05) is 25.3 Å². The zero-order chi connectivity index (χ0) is 13.8. The number of halogens is 2. The van der Waals surface area contributed by atoms with E-state index in [-0.39, 0.29) is 5.56 Å². The first-order valence-corrected chi connectivity index (χ1v) is 7.57. The van der Waals surface area contributed by atoms with Crippen LogP contribution in [0, 0.1) is 0 Å². The molecule has 0 spiro atoms. The molecule has 0 saturated heterocycles. The fourth-order valence-corrected chi connectivity index (χ4v) is 2.41. The van der Waals surface area contributed by atoms with Gasteiger partial charge in [0.1, 0.15) is 0 Å². The minimum Gasteiger partial charge on any atom is -0.380 e. The van der Waals surface area contributed by atoms with E-state index in [1.54, 1.807) is 10.6 Å². The lowest BCUT2D eigenvalue weighted by molar-refractivity contribution is 0.727. The third kappa shape index (κ3) is 3.70. The summed E-state index contributed by atoms with van der Waals surface area (Å²) in [5, 5.41) is 3.31. The molecule has 0 atom stereocenters. The van der Waals surface area contributed by atoms with Crippen LogP contribution in [0.3, 0.4) is 0 Å². The van der Waals surface area contributed by atoms with Gasteiger partial charge in [-0.1, -0.05) is 6.07 Å². The van der Waals surface area contributed by atoms with E-state index in [0.29, 0.717) is 13.1 Å². The molecule has 0 fully saturated rings. The highest BCUT2D eigenvalue weighted by Crippen LogP contribution is 2.24. The van der Waals surface area contributed by atoms with Crippen molar-refractivity contribution in [2.45, 2.75) is 20.0 Å². The van der Waals surface area contributed by atoms with Gasteiger partial charge in [-0.15, -0.1) is 0 Å². The number of pyridine rings is 1. The average Bonchev–Trinajstić information content (AvgIpc) is 2.41. The van der Waals surface area contributed by atoms with E-state index in [9.17, 15) is 4.79 Å². The second kappa shape index (κ2) is 6.39. The van der Waals surface area contributed by atoms with Crippen LogP contribution in [0.5, 0.6) is 0 Å². The van der Waals surface area contributed by atoms with E-state index < -0.39 is 0 Å². The Morgan fingerprint density at radius 3 is 2.63 bits per heavy atom. The molecule has 1 heterocycles. The Balaban J connectivity index is 2.10. The number of hydrogen-bond acceptors (Lipinski definition) is 2. The van der Waals surface area contributed by atoms with E-state index in [4.69, 9.17) is 0 Å². The Morgan fingerprint density at radius 1 is 1.16 bits per heavy atom. The highest BCUT2D eigenvalue weighted by molar-refractivity contribution is 9.13. The SMILES string of the molecule is CCn1cc(NCc2ccc(Br)c(Br)c2)ccc1=O. The van der Waals surface area contributed by atoms with Crippen LogP contribution in [0.2, 0.25) is 0 Å². The number of anilines is 1. The van der Waals surface area contributed by atoms with Crippen molar-refractivity contribution >= 4 is 37.5 Å². The molecule has 19 heavy (non-hydrogen) atoms. The highest BCUT2D eigenvalue weighted by Gasteiger charge is 2.00. The number of aromatic nitrogens is 1. The van der Waals surface area contributed by atoms with Crippen molar-refractivity contribution in [1.29, 1.82) is 0 Å². The topological polar surface area (TPSA) is 34.0 Å². The normalized spacial score (nSPS) is 10.5. The molecule has 2 rings (SSSR count). The van der Waals surface area contributed by atoms with Crippen molar-refractivity contribution in [2.75, 3.05) is 5.32 Å². The van der Waals surface area contributed by atoms with Crippen molar-refractivity contribution in [3.63, 3.8) is 0 Å². The van der Waals surface area contributed by atoms with Gasteiger partial charge in [-0.3, -0.25) is 4.79 Å². The number of benzene rings is 1. The summed E-state index contributed by atoms with van der Waals surface area (Å²) in [6, 6.07) is 9.52. The van der Waals surface area contributed by atoms with E-state index in [2.05, 4.69) is 49.3 Å². The molecule has 5 heteroatoms. The molecule has 1 aromatic carbocycles. The zero-order valence-corrected chi connectivity index (χ0v) is 13.7. The minimum absolute atomic E-state index is 0.0273. The lowest BCUT2D eigenvalue weighted by atomic mass is 10.2. The lowest BCUT2D eigenvalue weighted by Crippen LogP contribution is -2.17. The van der Waals surface area contributed by atoms with Gasteiger partial charge in [-0.25, -0.2) is 0 Å². The van der Waals surface area contributed by atoms with Gasteiger partial charge in [0.15, 0.2) is 0 Å². The number of rotatable bonds is 4. The molecule has 1 N–H and O–H groups in total. The summed E-state index contributed by atoms with van der Waals surface area (Å²) in [7, 11) is 0. The Labute approximate surface area is 128 Å². The number of nitrogens with zero attached hydrogens (tertiary/aromatic N) is 1. The first kappa shape index (κ1) is 14.3. The Hall–Kier alpha value is -1.07. The number of nitrogens with one attached hydrogen (secondary N) is 1. The standard InChI is InChI=1S/C14H14Br2N2O/c1-2-18-9-11(4-6-14(18)19)17-8-10-3-5-12(15)13(16)7-10/h3-7,9,17H,2,8H2,1H3. The molecule has 1 aromatic heterocycles. The second-order valence-electron chi connectivity index (χ2n) is 4.14. The van der Waals surface area contributed by atoms with Gasteiger partial charge in [0.05, 0.1) is 5.69 Å². The van der Waals surface area contributed by atoms with Gasteiger partial charge >= 0.3 is 0 Å². The summed E-state index contributed by atoms with van der Waals surface area (Å²) in [6.45, 7) is 3.35. The van der Waals surface area contributed by atoms with Crippen LogP contribution in [-0.2, 0) is 13.1 Å². The molecular formula is C14H14Br2N2O. The monoisotopic (exact) mass is 384 g/mol. The number of aryl methyl sites for hydroxylation is 1. The summed E-state index contributed by atoms with van der Waals surface area (Å²) in [5.74, 6) is 0. The Kier molecular flexibility index (Phi) is 4.82. The van der Waals surface area contributed by atoms with E-state index in [0.717, 1.165) is 14.6 Å². The Morgan fingerprint density at radius 2 is 1.95 bits per heavy atom. The third-order valence-corrected chi connectivity index (χ3v) is 4.68. The van der Waals surface area contributed by atoms with Crippen LogP contribution in [-0.4, -0.2) is 4.57 Å². The van der Waals surface area contributed by atoms with Crippen molar-refractivity contribution in [2.24, 2.45) is 0 Å². The molecule has 0 aliphatic rings. The maximum Gasteiger partial charge on any atom is 0.250 e. The molecule has 3 nitrogen and oxygen atoms in total. The van der Waals surface area contributed by atoms with Gasteiger partial charge in [0.2, 0.25) is 0 Å². The first-order chi connectivity index (χ1) is 9.10. The molecule has 0 unspecified atom stereocenters. The van der Waals surface area contributed by atoms with E-state index >= 15 is 0 Å². The van der Waals surface area contributed by atoms with Gasteiger partial charge in [-0.05, 0) is 62.5 Å². The van der Waals surface area contributed by atoms with Gasteiger partial charge in [0, 0.05) is 34.3 Å². The molecule has 0 radical (unpaired) electrons. The van der Waals surface area contributed by atoms with Crippen molar-refractivity contribution in [3.8, 4) is 0 Å². The van der Waals surface area contributed by atoms with Crippen LogP contribution < -0.4 is 10.9 Å². The summed E-state index contributed by atoms with van der Waals surface area (Å²) in [6.07, 6.45) is 1.84. The fraction of sp³-hybridized carbons (Fsp3) is 0.214. The minimum atomic E-state index is 0.0273. The highest BCUT2D eigenvalue weighted by atomic mass is 79.9. The van der Waals surface area contributed by atoms with Crippen LogP contribution in [0.15, 0.2) is 50.3 Å². The average molecular weight is 386 g/mol. The summed E-state index contributed by atoms with van der Waals surface area (Å²) < 4.78 is 3.75. The van der Waals surface area contributed by atoms with Gasteiger partial charge in [0.25, 0.3) is 5.56 Å². The lowest BCUT2D eigenvalue weighted by Gasteiger charge is -2.09. The molecule has 2 aromatic rings. The molecule has 100 valence electrons. The molecule has 0 bridgehead atoms. The maximum absolute atomic E-state index is 11.5. The molecule has 0 saturated carbocycles. The maximum atomic E-state index is 11.5. The second-order valence-corrected chi connectivity index (χ2v) is 5.85. The van der Waals surface area contributed by atoms with Gasteiger partial charge < -0.3 is 9.88 Å². The molecule has 0 aliphatic carbocycles. The largest absolute Gasteiger partial charge is 0.380 e. The van der Waals surface area contributed by atoms with Crippen LogP contribution in [0.25, 0.3) is 0 Å². The van der Waals surface area contributed by atoms with Crippen LogP contribution in [0.4, 0.5) is 5.69 Å². The predicted octanol–water partition coefficient (Wildman–Crippen LogP) is 4.01. The van der Waals surface area contributed by atoms with Gasteiger partial charge in [-0.2, -0.15) is 0 Å².